The molecule has 1 rings (SSSR count). The lowest BCUT2D eigenvalue weighted by molar-refractivity contribution is -0.120. The Hall–Kier alpha value is -1.31. The van der Waals surface area contributed by atoms with Crippen molar-refractivity contribution in [3.8, 4) is 0 Å². The summed E-state index contributed by atoms with van der Waals surface area (Å²) in [5.74, 6) is 0.0869. The van der Waals surface area contributed by atoms with Gasteiger partial charge in [0.25, 0.3) is 0 Å². The van der Waals surface area contributed by atoms with Crippen molar-refractivity contribution < 1.29 is 4.79 Å². The van der Waals surface area contributed by atoms with Gasteiger partial charge in [-0.15, -0.1) is 0 Å². The van der Waals surface area contributed by atoms with E-state index in [1.165, 1.54) is 5.56 Å². The summed E-state index contributed by atoms with van der Waals surface area (Å²) in [4.78, 5) is 11.4. The van der Waals surface area contributed by atoms with Crippen LogP contribution >= 0.6 is 0 Å². The van der Waals surface area contributed by atoms with Crippen LogP contribution in [0, 0.1) is 6.92 Å². The molecule has 0 unspecified atom stereocenters. The van der Waals surface area contributed by atoms with E-state index in [-0.39, 0.29) is 11.9 Å². The molecule has 0 bridgehead atoms. The molecule has 0 heterocycles. The average molecular weight is 191 g/mol. The number of benzene rings is 1. The number of hydrogen-bond donors (Lipinski definition) is 1. The lowest BCUT2D eigenvalue weighted by Gasteiger charge is -2.08. The second-order valence-corrected chi connectivity index (χ2v) is 3.88. The Bertz CT molecular complexity index is 301. The van der Waals surface area contributed by atoms with Crippen molar-refractivity contribution in [1.82, 2.24) is 5.32 Å². The van der Waals surface area contributed by atoms with Gasteiger partial charge in [0.1, 0.15) is 0 Å². The van der Waals surface area contributed by atoms with Crippen LogP contribution in [0.1, 0.15) is 25.0 Å². The molecule has 76 valence electrons. The Morgan fingerprint density at radius 1 is 1.29 bits per heavy atom. The highest BCUT2D eigenvalue weighted by atomic mass is 16.1. The summed E-state index contributed by atoms with van der Waals surface area (Å²) in [6, 6.07) is 8.26. The van der Waals surface area contributed by atoms with E-state index < -0.39 is 0 Å². The summed E-state index contributed by atoms with van der Waals surface area (Å²) < 4.78 is 0. The third-order valence-electron chi connectivity index (χ3n) is 1.93. The SMILES string of the molecule is Cc1ccc(CC(=O)NC(C)C)cc1. The van der Waals surface area contributed by atoms with Gasteiger partial charge in [0, 0.05) is 6.04 Å². The second-order valence-electron chi connectivity index (χ2n) is 3.88. The minimum absolute atomic E-state index is 0.0869. The number of aryl methyl sites for hydroxylation is 1. The molecule has 1 N–H and O–H groups in total. The molecule has 0 fully saturated rings. The first-order valence-electron chi connectivity index (χ1n) is 4.93. The normalized spacial score (nSPS) is 10.3. The van der Waals surface area contributed by atoms with Crippen LogP contribution < -0.4 is 5.32 Å². The van der Waals surface area contributed by atoms with Crippen molar-refractivity contribution in [2.75, 3.05) is 0 Å². The van der Waals surface area contributed by atoms with E-state index in [1.54, 1.807) is 0 Å². The molecule has 14 heavy (non-hydrogen) atoms. The van der Waals surface area contributed by atoms with E-state index in [0.29, 0.717) is 6.42 Å². The van der Waals surface area contributed by atoms with Gasteiger partial charge in [-0.1, -0.05) is 29.8 Å². The van der Waals surface area contributed by atoms with E-state index in [0.717, 1.165) is 5.56 Å². The average Bonchev–Trinajstić information content (AvgIpc) is 2.07. The summed E-state index contributed by atoms with van der Waals surface area (Å²) in [5, 5.41) is 2.87. The Labute approximate surface area is 85.3 Å². The molecule has 1 aromatic rings. The highest BCUT2D eigenvalue weighted by Crippen LogP contribution is 2.03. The quantitative estimate of drug-likeness (QED) is 0.778. The zero-order valence-corrected chi connectivity index (χ0v) is 9.00. The molecule has 1 amide bonds. The number of carbonyl (C=O) groups is 1. The molecule has 0 aliphatic carbocycles. The van der Waals surface area contributed by atoms with Gasteiger partial charge in [-0.3, -0.25) is 4.79 Å². The maximum absolute atomic E-state index is 11.4. The van der Waals surface area contributed by atoms with Gasteiger partial charge in [-0.05, 0) is 26.3 Å². The molecule has 1 aromatic carbocycles. The maximum Gasteiger partial charge on any atom is 0.224 e. The van der Waals surface area contributed by atoms with Crippen LogP contribution in [0.5, 0.6) is 0 Å². The molecule has 0 atom stereocenters. The summed E-state index contributed by atoms with van der Waals surface area (Å²) in [6.07, 6.45) is 0.471. The van der Waals surface area contributed by atoms with Gasteiger partial charge in [-0.2, -0.15) is 0 Å². The molecule has 0 spiro atoms. The van der Waals surface area contributed by atoms with Gasteiger partial charge < -0.3 is 5.32 Å². The molecular weight excluding hydrogens is 174 g/mol. The monoisotopic (exact) mass is 191 g/mol. The standard InChI is InChI=1S/C12H17NO/c1-9(2)13-12(14)8-11-6-4-10(3)5-7-11/h4-7,9H,8H2,1-3H3,(H,13,14). The largest absolute Gasteiger partial charge is 0.354 e. The van der Waals surface area contributed by atoms with Crippen molar-refractivity contribution in [3.63, 3.8) is 0 Å². The Morgan fingerprint density at radius 2 is 1.86 bits per heavy atom. The smallest absolute Gasteiger partial charge is 0.224 e. The minimum Gasteiger partial charge on any atom is -0.354 e. The minimum atomic E-state index is 0.0869. The lowest BCUT2D eigenvalue weighted by Crippen LogP contribution is -2.31. The molecule has 2 nitrogen and oxygen atoms in total. The van der Waals surface area contributed by atoms with Crippen molar-refractivity contribution >= 4 is 5.91 Å². The number of rotatable bonds is 3. The first-order chi connectivity index (χ1) is 6.58. The fraction of sp³-hybridized carbons (Fsp3) is 0.417. The second kappa shape index (κ2) is 4.80. The van der Waals surface area contributed by atoms with Crippen molar-refractivity contribution in [1.29, 1.82) is 0 Å². The summed E-state index contributed by atoms with van der Waals surface area (Å²) in [7, 11) is 0. The molecule has 0 aromatic heterocycles. The van der Waals surface area contributed by atoms with Gasteiger partial charge >= 0.3 is 0 Å². The molecule has 0 aliphatic rings. The molecule has 0 radical (unpaired) electrons. The van der Waals surface area contributed by atoms with Crippen molar-refractivity contribution in [3.05, 3.63) is 35.4 Å². The van der Waals surface area contributed by atoms with Crippen LogP contribution in [0.3, 0.4) is 0 Å². The summed E-state index contributed by atoms with van der Waals surface area (Å²) >= 11 is 0. The van der Waals surface area contributed by atoms with Crippen molar-refractivity contribution in [2.24, 2.45) is 0 Å². The maximum atomic E-state index is 11.4. The van der Waals surface area contributed by atoms with Gasteiger partial charge in [-0.25, -0.2) is 0 Å². The van der Waals surface area contributed by atoms with Crippen LogP contribution in [-0.4, -0.2) is 11.9 Å². The van der Waals surface area contributed by atoms with Crippen LogP contribution in [-0.2, 0) is 11.2 Å². The highest BCUT2D eigenvalue weighted by molar-refractivity contribution is 5.78. The van der Waals surface area contributed by atoms with Crippen LogP contribution in [0.2, 0.25) is 0 Å². The first kappa shape index (κ1) is 10.8. The van der Waals surface area contributed by atoms with Gasteiger partial charge in [0.15, 0.2) is 0 Å². The lowest BCUT2D eigenvalue weighted by atomic mass is 10.1. The topological polar surface area (TPSA) is 29.1 Å². The molecule has 2 heteroatoms. The Kier molecular flexibility index (Phi) is 3.69. The van der Waals surface area contributed by atoms with Crippen molar-refractivity contribution in [2.45, 2.75) is 33.2 Å². The van der Waals surface area contributed by atoms with E-state index in [2.05, 4.69) is 5.32 Å². The fourth-order valence-corrected chi connectivity index (χ4v) is 1.26. The highest BCUT2D eigenvalue weighted by Gasteiger charge is 2.03. The zero-order chi connectivity index (χ0) is 10.6. The predicted octanol–water partition coefficient (Wildman–Crippen LogP) is 2.06. The first-order valence-corrected chi connectivity index (χ1v) is 4.93. The van der Waals surface area contributed by atoms with E-state index >= 15 is 0 Å². The van der Waals surface area contributed by atoms with E-state index in [4.69, 9.17) is 0 Å². The van der Waals surface area contributed by atoms with Crippen LogP contribution in [0.15, 0.2) is 24.3 Å². The molecule has 0 aliphatic heterocycles. The zero-order valence-electron chi connectivity index (χ0n) is 9.00. The Balaban J connectivity index is 2.52. The number of amides is 1. The van der Waals surface area contributed by atoms with Gasteiger partial charge in [0.2, 0.25) is 5.91 Å². The summed E-state index contributed by atoms with van der Waals surface area (Å²) in [6.45, 7) is 5.97. The van der Waals surface area contributed by atoms with Crippen LogP contribution in [0.4, 0.5) is 0 Å². The fourth-order valence-electron chi connectivity index (χ4n) is 1.26. The predicted molar refractivity (Wildman–Crippen MR) is 58.2 cm³/mol. The number of carbonyl (C=O) groups excluding carboxylic acids is 1. The summed E-state index contributed by atoms with van der Waals surface area (Å²) in [5.41, 5.74) is 2.28. The third kappa shape index (κ3) is 3.60. The van der Waals surface area contributed by atoms with Crippen LogP contribution in [0.25, 0.3) is 0 Å². The third-order valence-corrected chi connectivity index (χ3v) is 1.93. The van der Waals surface area contributed by atoms with E-state index in [1.807, 2.05) is 45.0 Å². The van der Waals surface area contributed by atoms with Gasteiger partial charge in [0.05, 0.1) is 6.42 Å². The number of nitrogens with one attached hydrogen (secondary N) is 1. The molecule has 0 saturated carbocycles. The van der Waals surface area contributed by atoms with E-state index in [9.17, 15) is 4.79 Å². The molecular formula is C12H17NO. The Morgan fingerprint density at radius 3 is 2.36 bits per heavy atom. The molecule has 0 saturated heterocycles. The number of hydrogen-bond acceptors (Lipinski definition) is 1.